The second-order valence-electron chi connectivity index (χ2n) is 2.93. The summed E-state index contributed by atoms with van der Waals surface area (Å²) in [6.07, 6.45) is 6.56. The minimum Gasteiger partial charge on any atom is -0.466 e. The molecule has 0 aromatic rings. The minimum absolute atomic E-state index is 0.0223. The Hall–Kier alpha value is -1.09. The third-order valence-electron chi connectivity index (χ3n) is 2.13. The molecule has 2 atom stereocenters. The van der Waals surface area contributed by atoms with E-state index in [4.69, 9.17) is 4.74 Å². The van der Waals surface area contributed by atoms with Gasteiger partial charge in [0.05, 0.1) is 19.3 Å². The molecule has 0 N–H and O–H groups in total. The van der Waals surface area contributed by atoms with Crippen LogP contribution in [0.3, 0.4) is 0 Å². The van der Waals surface area contributed by atoms with Crippen molar-refractivity contribution in [1.29, 1.82) is 0 Å². The number of hydrogen-bond acceptors (Lipinski definition) is 3. The van der Waals surface area contributed by atoms with Crippen molar-refractivity contribution in [2.24, 2.45) is 0 Å². The number of carbonyl (C=O) groups is 1. The van der Waals surface area contributed by atoms with Crippen LogP contribution < -0.4 is 0 Å². The van der Waals surface area contributed by atoms with E-state index in [9.17, 15) is 4.79 Å². The van der Waals surface area contributed by atoms with Crippen molar-refractivity contribution in [3.05, 3.63) is 23.8 Å². The summed E-state index contributed by atoms with van der Waals surface area (Å²) in [6, 6.07) is 0. The largest absolute Gasteiger partial charge is 0.466 e. The van der Waals surface area contributed by atoms with Gasteiger partial charge in [0, 0.05) is 12.5 Å². The van der Waals surface area contributed by atoms with Crippen LogP contribution in [0, 0.1) is 0 Å². The summed E-state index contributed by atoms with van der Waals surface area (Å²) >= 11 is 0. The van der Waals surface area contributed by atoms with Crippen LogP contribution >= 0.6 is 0 Å². The van der Waals surface area contributed by atoms with Gasteiger partial charge in [-0.3, -0.25) is 0 Å². The highest BCUT2D eigenvalue weighted by Crippen LogP contribution is 2.32. The molecule has 12 heavy (non-hydrogen) atoms. The smallest absolute Gasteiger partial charge is 0.330 e. The first-order valence-corrected chi connectivity index (χ1v) is 3.92. The Balaban J connectivity index is 2.12. The fraction of sp³-hybridized carbons (Fsp3) is 0.444. The van der Waals surface area contributed by atoms with Crippen LogP contribution in [0.4, 0.5) is 0 Å². The van der Waals surface area contributed by atoms with Crippen LogP contribution in [0.5, 0.6) is 0 Å². The molecule has 2 aliphatic heterocycles. The third kappa shape index (κ3) is 1.16. The van der Waals surface area contributed by atoms with Gasteiger partial charge < -0.3 is 9.47 Å². The molecular weight excluding hydrogens is 156 g/mol. The zero-order valence-electron chi connectivity index (χ0n) is 6.82. The second kappa shape index (κ2) is 2.75. The fourth-order valence-electron chi connectivity index (χ4n) is 1.53. The molecule has 0 aliphatic carbocycles. The van der Waals surface area contributed by atoms with Gasteiger partial charge in [-0.25, -0.2) is 4.79 Å². The van der Waals surface area contributed by atoms with Crippen molar-refractivity contribution in [2.75, 3.05) is 7.11 Å². The van der Waals surface area contributed by atoms with E-state index in [2.05, 4.69) is 4.74 Å². The van der Waals surface area contributed by atoms with Crippen molar-refractivity contribution in [2.45, 2.75) is 18.6 Å². The van der Waals surface area contributed by atoms with Crippen LogP contribution in [0.2, 0.25) is 0 Å². The summed E-state index contributed by atoms with van der Waals surface area (Å²) in [5.74, 6) is -0.297. The number of esters is 1. The lowest BCUT2D eigenvalue weighted by Gasteiger charge is -2.03. The molecule has 1 fully saturated rings. The average Bonchev–Trinajstić information content (AvgIpc) is 2.64. The number of fused-ring (bicyclic) bond motifs is 2. The molecule has 64 valence electrons. The normalized spacial score (nSPS) is 34.6. The van der Waals surface area contributed by atoms with Gasteiger partial charge in [-0.15, -0.1) is 0 Å². The molecule has 0 spiro atoms. The molecule has 3 heteroatoms. The molecular formula is C9H10O3. The zero-order chi connectivity index (χ0) is 8.55. The predicted molar refractivity (Wildman–Crippen MR) is 42.5 cm³/mol. The van der Waals surface area contributed by atoms with E-state index in [-0.39, 0.29) is 18.2 Å². The maximum Gasteiger partial charge on any atom is 0.330 e. The lowest BCUT2D eigenvalue weighted by Crippen LogP contribution is -2.04. The van der Waals surface area contributed by atoms with Gasteiger partial charge in [-0.1, -0.05) is 12.2 Å². The molecule has 1 saturated heterocycles. The Morgan fingerprint density at radius 3 is 3.08 bits per heavy atom. The number of methoxy groups -OCH3 is 1. The van der Waals surface area contributed by atoms with Crippen LogP contribution in [0.25, 0.3) is 0 Å². The van der Waals surface area contributed by atoms with Crippen molar-refractivity contribution in [3.8, 4) is 0 Å². The number of rotatable bonds is 1. The van der Waals surface area contributed by atoms with Gasteiger partial charge in [0.2, 0.25) is 0 Å². The average molecular weight is 166 g/mol. The zero-order valence-corrected chi connectivity index (χ0v) is 6.82. The monoisotopic (exact) mass is 166 g/mol. The molecule has 3 nitrogen and oxygen atoms in total. The third-order valence-corrected chi connectivity index (χ3v) is 2.13. The second-order valence-corrected chi connectivity index (χ2v) is 2.93. The van der Waals surface area contributed by atoms with E-state index in [0.717, 1.165) is 12.0 Å². The van der Waals surface area contributed by atoms with Crippen molar-refractivity contribution in [1.82, 2.24) is 0 Å². The van der Waals surface area contributed by atoms with Gasteiger partial charge in [-0.2, -0.15) is 0 Å². The van der Waals surface area contributed by atoms with Crippen molar-refractivity contribution >= 4 is 5.97 Å². The number of ether oxygens (including phenoxy) is 2. The van der Waals surface area contributed by atoms with E-state index >= 15 is 0 Å². The van der Waals surface area contributed by atoms with Crippen LogP contribution in [0.1, 0.15) is 6.42 Å². The van der Waals surface area contributed by atoms with Crippen LogP contribution in [-0.4, -0.2) is 25.3 Å². The summed E-state index contributed by atoms with van der Waals surface area (Å²) in [5.41, 5.74) is 1.02. The Kier molecular flexibility index (Phi) is 1.73. The minimum atomic E-state index is -0.297. The number of carbonyl (C=O) groups excluding carboxylic acids is 1. The highest BCUT2D eigenvalue weighted by molar-refractivity contribution is 5.83. The van der Waals surface area contributed by atoms with E-state index in [0.29, 0.717) is 0 Å². The van der Waals surface area contributed by atoms with Crippen molar-refractivity contribution in [3.63, 3.8) is 0 Å². The quantitative estimate of drug-likeness (QED) is 0.328. The SMILES string of the molecule is COC(=O)/C=C1\CC2C=CC1O2. The Bertz CT molecular complexity index is 265. The lowest BCUT2D eigenvalue weighted by atomic mass is 10.0. The molecule has 0 saturated carbocycles. The topological polar surface area (TPSA) is 35.5 Å². The van der Waals surface area contributed by atoms with Gasteiger partial charge in [0.1, 0.15) is 0 Å². The van der Waals surface area contributed by atoms with Gasteiger partial charge >= 0.3 is 5.97 Å². The highest BCUT2D eigenvalue weighted by atomic mass is 16.5. The van der Waals surface area contributed by atoms with Gasteiger partial charge in [-0.05, 0) is 5.57 Å². The first kappa shape index (κ1) is 7.55. The Morgan fingerprint density at radius 2 is 2.58 bits per heavy atom. The van der Waals surface area contributed by atoms with E-state index < -0.39 is 0 Å². The summed E-state index contributed by atoms with van der Waals surface area (Å²) in [4.78, 5) is 10.9. The standard InChI is InChI=1S/C9H10O3/c1-11-9(10)5-6-4-7-2-3-8(6)12-7/h2-3,5,7-8H,4H2,1H3/b6-5+. The first-order chi connectivity index (χ1) is 5.79. The molecule has 2 rings (SSSR count). The summed E-state index contributed by atoms with van der Waals surface area (Å²) in [6.45, 7) is 0. The fourth-order valence-corrected chi connectivity index (χ4v) is 1.53. The van der Waals surface area contributed by atoms with Crippen LogP contribution in [0.15, 0.2) is 23.8 Å². The highest BCUT2D eigenvalue weighted by Gasteiger charge is 2.31. The Labute approximate surface area is 70.7 Å². The Morgan fingerprint density at radius 1 is 1.75 bits per heavy atom. The molecule has 2 bridgehead atoms. The van der Waals surface area contributed by atoms with Gasteiger partial charge in [0.15, 0.2) is 0 Å². The summed E-state index contributed by atoms with van der Waals surface area (Å²) in [7, 11) is 1.38. The van der Waals surface area contributed by atoms with Crippen LogP contribution in [-0.2, 0) is 14.3 Å². The molecule has 0 amide bonds. The van der Waals surface area contributed by atoms with Gasteiger partial charge in [0.25, 0.3) is 0 Å². The van der Waals surface area contributed by atoms with E-state index in [1.54, 1.807) is 0 Å². The molecule has 2 unspecified atom stereocenters. The summed E-state index contributed by atoms with van der Waals surface area (Å²) < 4.78 is 9.97. The molecule has 2 heterocycles. The maximum absolute atomic E-state index is 10.9. The molecule has 2 aliphatic rings. The summed E-state index contributed by atoms with van der Waals surface area (Å²) in [5, 5.41) is 0. The molecule has 0 aromatic heterocycles. The number of hydrogen-bond donors (Lipinski definition) is 0. The predicted octanol–water partition coefficient (Wildman–Crippen LogP) is 0.813. The lowest BCUT2D eigenvalue weighted by molar-refractivity contribution is -0.134. The van der Waals surface area contributed by atoms with E-state index in [1.165, 1.54) is 13.2 Å². The van der Waals surface area contributed by atoms with Crippen molar-refractivity contribution < 1.29 is 14.3 Å². The maximum atomic E-state index is 10.9. The first-order valence-electron chi connectivity index (χ1n) is 3.92. The molecule has 0 aromatic carbocycles. The molecule has 0 radical (unpaired) electrons. The van der Waals surface area contributed by atoms with E-state index in [1.807, 2.05) is 12.2 Å².